The SMILES string of the molecule is CCCNC1CCC(c2nc(CC(C)OC)no2)CC1. The summed E-state index contributed by atoms with van der Waals surface area (Å²) in [5.74, 6) is 2.02. The van der Waals surface area contributed by atoms with Crippen LogP contribution in [0.3, 0.4) is 0 Å². The van der Waals surface area contributed by atoms with Gasteiger partial charge in [0.2, 0.25) is 5.89 Å². The third-order valence-corrected chi connectivity index (χ3v) is 4.12. The first-order chi connectivity index (χ1) is 9.72. The highest BCUT2D eigenvalue weighted by Crippen LogP contribution is 2.31. The molecule has 0 aromatic carbocycles. The summed E-state index contributed by atoms with van der Waals surface area (Å²) < 4.78 is 10.7. The normalized spacial score (nSPS) is 24.8. The van der Waals surface area contributed by atoms with Gasteiger partial charge < -0.3 is 14.6 Å². The minimum Gasteiger partial charge on any atom is -0.381 e. The molecule has 1 aliphatic rings. The van der Waals surface area contributed by atoms with Gasteiger partial charge in [0.1, 0.15) is 0 Å². The summed E-state index contributed by atoms with van der Waals surface area (Å²) in [4.78, 5) is 4.53. The average Bonchev–Trinajstić information content (AvgIpc) is 2.94. The van der Waals surface area contributed by atoms with Gasteiger partial charge in [-0.2, -0.15) is 4.98 Å². The van der Waals surface area contributed by atoms with Crippen LogP contribution in [0.2, 0.25) is 0 Å². The van der Waals surface area contributed by atoms with Crippen molar-refractivity contribution < 1.29 is 9.26 Å². The molecule has 20 heavy (non-hydrogen) atoms. The Labute approximate surface area is 121 Å². The molecule has 114 valence electrons. The van der Waals surface area contributed by atoms with Crippen LogP contribution < -0.4 is 5.32 Å². The number of nitrogens with zero attached hydrogens (tertiary/aromatic N) is 2. The highest BCUT2D eigenvalue weighted by molar-refractivity contribution is 4.98. The fourth-order valence-electron chi connectivity index (χ4n) is 2.75. The van der Waals surface area contributed by atoms with Crippen molar-refractivity contribution in [1.29, 1.82) is 0 Å². The molecule has 1 N–H and O–H groups in total. The van der Waals surface area contributed by atoms with Gasteiger partial charge in [0.05, 0.1) is 6.10 Å². The maximum absolute atomic E-state index is 5.43. The average molecular weight is 281 g/mol. The molecule has 5 nitrogen and oxygen atoms in total. The molecule has 0 spiro atoms. The highest BCUT2D eigenvalue weighted by atomic mass is 16.5. The van der Waals surface area contributed by atoms with Crippen LogP contribution in [0.15, 0.2) is 4.52 Å². The molecule has 0 amide bonds. The number of ether oxygens (including phenoxy) is 1. The zero-order chi connectivity index (χ0) is 14.4. The van der Waals surface area contributed by atoms with Crippen LogP contribution in [-0.4, -0.2) is 35.9 Å². The van der Waals surface area contributed by atoms with Crippen molar-refractivity contribution in [2.45, 2.75) is 70.4 Å². The van der Waals surface area contributed by atoms with E-state index in [2.05, 4.69) is 22.4 Å². The third-order valence-electron chi connectivity index (χ3n) is 4.12. The van der Waals surface area contributed by atoms with Crippen molar-refractivity contribution in [1.82, 2.24) is 15.5 Å². The largest absolute Gasteiger partial charge is 0.381 e. The first kappa shape index (κ1) is 15.4. The van der Waals surface area contributed by atoms with Gasteiger partial charge in [-0.05, 0) is 45.6 Å². The molecule has 1 aromatic rings. The highest BCUT2D eigenvalue weighted by Gasteiger charge is 2.26. The lowest BCUT2D eigenvalue weighted by Crippen LogP contribution is -2.33. The first-order valence-corrected chi connectivity index (χ1v) is 7.81. The Bertz CT molecular complexity index is 386. The van der Waals surface area contributed by atoms with Gasteiger partial charge in [0.25, 0.3) is 0 Å². The van der Waals surface area contributed by atoms with E-state index in [0.29, 0.717) is 18.4 Å². The van der Waals surface area contributed by atoms with Crippen molar-refractivity contribution in [3.63, 3.8) is 0 Å². The van der Waals surface area contributed by atoms with Crippen molar-refractivity contribution in [2.75, 3.05) is 13.7 Å². The Kier molecular flexibility index (Phi) is 5.98. The number of rotatable bonds is 7. The van der Waals surface area contributed by atoms with Gasteiger partial charge in [0, 0.05) is 25.5 Å². The van der Waals surface area contributed by atoms with Crippen LogP contribution in [0.1, 0.15) is 63.6 Å². The summed E-state index contributed by atoms with van der Waals surface area (Å²) in [6, 6.07) is 0.669. The van der Waals surface area contributed by atoms with E-state index < -0.39 is 0 Å². The quantitative estimate of drug-likeness (QED) is 0.832. The van der Waals surface area contributed by atoms with E-state index >= 15 is 0 Å². The van der Waals surface area contributed by atoms with Crippen molar-refractivity contribution >= 4 is 0 Å². The van der Waals surface area contributed by atoms with Crippen LogP contribution in [0.5, 0.6) is 0 Å². The Morgan fingerprint density at radius 2 is 2.10 bits per heavy atom. The molecule has 0 bridgehead atoms. The third kappa shape index (κ3) is 4.28. The second-order valence-electron chi connectivity index (χ2n) is 5.80. The summed E-state index contributed by atoms with van der Waals surface area (Å²) in [5, 5.41) is 7.67. The fourth-order valence-corrected chi connectivity index (χ4v) is 2.75. The molecular weight excluding hydrogens is 254 g/mol. The number of hydrogen-bond donors (Lipinski definition) is 1. The van der Waals surface area contributed by atoms with Gasteiger partial charge in [-0.1, -0.05) is 12.1 Å². The van der Waals surface area contributed by atoms with Crippen molar-refractivity contribution in [3.05, 3.63) is 11.7 Å². The van der Waals surface area contributed by atoms with E-state index in [-0.39, 0.29) is 6.10 Å². The molecule has 1 heterocycles. The molecule has 5 heteroatoms. The summed E-state index contributed by atoms with van der Waals surface area (Å²) in [5.41, 5.74) is 0. The fraction of sp³-hybridized carbons (Fsp3) is 0.867. The topological polar surface area (TPSA) is 60.2 Å². The molecule has 1 fully saturated rings. The van der Waals surface area contributed by atoms with Crippen molar-refractivity contribution in [2.24, 2.45) is 0 Å². The van der Waals surface area contributed by atoms with E-state index in [0.717, 1.165) is 31.1 Å². The molecule has 1 aromatic heterocycles. The molecule has 0 saturated heterocycles. The van der Waals surface area contributed by atoms with Gasteiger partial charge in [-0.3, -0.25) is 0 Å². The number of methoxy groups -OCH3 is 1. The van der Waals surface area contributed by atoms with Crippen LogP contribution in [-0.2, 0) is 11.2 Å². The van der Waals surface area contributed by atoms with E-state index in [9.17, 15) is 0 Å². The lowest BCUT2D eigenvalue weighted by atomic mass is 9.86. The molecule has 1 saturated carbocycles. The summed E-state index contributed by atoms with van der Waals surface area (Å²) in [6.45, 7) is 5.34. The Hall–Kier alpha value is -0.940. The first-order valence-electron chi connectivity index (χ1n) is 7.81. The van der Waals surface area contributed by atoms with E-state index in [1.54, 1.807) is 7.11 Å². The van der Waals surface area contributed by atoms with Gasteiger partial charge >= 0.3 is 0 Å². The number of aromatic nitrogens is 2. The molecule has 2 rings (SSSR count). The lowest BCUT2D eigenvalue weighted by molar-refractivity contribution is 0.116. The van der Waals surface area contributed by atoms with Crippen LogP contribution in [0.4, 0.5) is 0 Å². The second kappa shape index (κ2) is 7.74. The Morgan fingerprint density at radius 3 is 2.75 bits per heavy atom. The minimum absolute atomic E-state index is 0.134. The van der Waals surface area contributed by atoms with Crippen LogP contribution in [0.25, 0.3) is 0 Å². The Balaban J connectivity index is 1.81. The maximum atomic E-state index is 5.43. The molecule has 1 atom stereocenters. The molecule has 1 aliphatic carbocycles. The van der Waals surface area contributed by atoms with E-state index in [1.165, 1.54) is 19.3 Å². The van der Waals surface area contributed by atoms with Gasteiger partial charge in [0.15, 0.2) is 5.82 Å². The molecule has 1 unspecified atom stereocenters. The summed E-state index contributed by atoms with van der Waals surface area (Å²) in [7, 11) is 1.70. The molecule has 0 aliphatic heterocycles. The predicted molar refractivity (Wildman–Crippen MR) is 77.8 cm³/mol. The standard InChI is InChI=1S/C15H27N3O2/c1-4-9-16-13-7-5-12(6-8-13)15-17-14(18-20-15)10-11(2)19-3/h11-13,16H,4-10H2,1-3H3. The predicted octanol–water partition coefficient (Wildman–Crippen LogP) is 2.67. The van der Waals surface area contributed by atoms with Crippen molar-refractivity contribution in [3.8, 4) is 0 Å². The second-order valence-corrected chi connectivity index (χ2v) is 5.80. The van der Waals surface area contributed by atoms with E-state index in [4.69, 9.17) is 9.26 Å². The minimum atomic E-state index is 0.134. The smallest absolute Gasteiger partial charge is 0.229 e. The van der Waals surface area contributed by atoms with E-state index in [1.807, 2.05) is 6.92 Å². The van der Waals surface area contributed by atoms with Gasteiger partial charge in [-0.15, -0.1) is 0 Å². The lowest BCUT2D eigenvalue weighted by Gasteiger charge is -2.27. The van der Waals surface area contributed by atoms with Gasteiger partial charge in [-0.25, -0.2) is 0 Å². The summed E-state index contributed by atoms with van der Waals surface area (Å²) in [6.07, 6.45) is 6.74. The zero-order valence-corrected chi connectivity index (χ0v) is 12.9. The van der Waals surface area contributed by atoms with Crippen LogP contribution >= 0.6 is 0 Å². The molecule has 0 radical (unpaired) electrons. The number of hydrogen-bond acceptors (Lipinski definition) is 5. The molecular formula is C15H27N3O2. The Morgan fingerprint density at radius 1 is 1.35 bits per heavy atom. The number of nitrogens with one attached hydrogen (secondary N) is 1. The summed E-state index contributed by atoms with van der Waals surface area (Å²) >= 11 is 0. The monoisotopic (exact) mass is 281 g/mol. The zero-order valence-electron chi connectivity index (χ0n) is 12.9. The maximum Gasteiger partial charge on any atom is 0.229 e. The van der Waals surface area contributed by atoms with Crippen LogP contribution in [0, 0.1) is 0 Å².